The Morgan fingerprint density at radius 2 is 1.94 bits per heavy atom. The smallest absolute Gasteiger partial charge is 0.0560 e. The molecule has 1 aromatic rings. The molecule has 0 spiro atoms. The summed E-state index contributed by atoms with van der Waals surface area (Å²) in [5.41, 5.74) is 7.27. The molecule has 1 aliphatic heterocycles. The van der Waals surface area contributed by atoms with Gasteiger partial charge in [-0.1, -0.05) is 6.08 Å². The highest BCUT2D eigenvalue weighted by atomic mass is 15.0. The predicted octanol–water partition coefficient (Wildman–Crippen LogP) is 4.05. The topological polar surface area (TPSA) is 12.0 Å². The fourth-order valence-electron chi connectivity index (χ4n) is 2.99. The maximum absolute atomic E-state index is 3.74. The summed E-state index contributed by atoms with van der Waals surface area (Å²) in [4.78, 5) is 0. The SMILES string of the molecule is Cc1cc2c(cc1C)NC1(C)CCCC1=C2. The second kappa shape index (κ2) is 3.13. The van der Waals surface area contributed by atoms with E-state index in [1.165, 1.54) is 41.6 Å². The number of hydrogen-bond donors (Lipinski definition) is 1. The lowest BCUT2D eigenvalue weighted by molar-refractivity contribution is 0.611. The normalized spacial score (nSPS) is 26.8. The molecule has 1 atom stereocenters. The van der Waals surface area contributed by atoms with Gasteiger partial charge < -0.3 is 5.32 Å². The van der Waals surface area contributed by atoms with E-state index >= 15 is 0 Å². The minimum atomic E-state index is 0.231. The van der Waals surface area contributed by atoms with Crippen LogP contribution in [0, 0.1) is 13.8 Å². The van der Waals surface area contributed by atoms with Crippen LogP contribution >= 0.6 is 0 Å². The van der Waals surface area contributed by atoms with Gasteiger partial charge in [0.1, 0.15) is 0 Å². The Balaban J connectivity index is 2.15. The third kappa shape index (κ3) is 1.31. The molecule has 0 amide bonds. The lowest BCUT2D eigenvalue weighted by Crippen LogP contribution is -2.35. The van der Waals surface area contributed by atoms with Gasteiger partial charge in [-0.15, -0.1) is 0 Å². The number of fused-ring (bicyclic) bond motifs is 2. The van der Waals surface area contributed by atoms with Gasteiger partial charge in [0.2, 0.25) is 0 Å². The van der Waals surface area contributed by atoms with E-state index in [1.54, 1.807) is 5.57 Å². The zero-order valence-electron chi connectivity index (χ0n) is 10.4. The summed E-state index contributed by atoms with van der Waals surface area (Å²) < 4.78 is 0. The quantitative estimate of drug-likeness (QED) is 0.685. The Bertz CT molecular complexity index is 484. The van der Waals surface area contributed by atoms with Crippen LogP contribution in [0.3, 0.4) is 0 Å². The molecule has 1 N–H and O–H groups in total. The van der Waals surface area contributed by atoms with E-state index in [0.717, 1.165) is 0 Å². The van der Waals surface area contributed by atoms with E-state index in [4.69, 9.17) is 0 Å². The number of anilines is 1. The van der Waals surface area contributed by atoms with Crippen molar-refractivity contribution in [3.8, 4) is 0 Å². The lowest BCUT2D eigenvalue weighted by atomic mass is 9.87. The van der Waals surface area contributed by atoms with Crippen molar-refractivity contribution in [1.82, 2.24) is 0 Å². The molecule has 0 radical (unpaired) electrons. The number of benzene rings is 1. The summed E-state index contributed by atoms with van der Waals surface area (Å²) in [7, 11) is 0. The number of aryl methyl sites for hydroxylation is 2. The van der Waals surface area contributed by atoms with Gasteiger partial charge in [-0.05, 0) is 74.4 Å². The minimum absolute atomic E-state index is 0.231. The maximum Gasteiger partial charge on any atom is 0.0560 e. The predicted molar refractivity (Wildman–Crippen MR) is 69.8 cm³/mol. The Morgan fingerprint density at radius 1 is 1.19 bits per heavy atom. The molecule has 1 nitrogen and oxygen atoms in total. The van der Waals surface area contributed by atoms with E-state index in [2.05, 4.69) is 44.3 Å². The van der Waals surface area contributed by atoms with Crippen LogP contribution < -0.4 is 5.32 Å². The van der Waals surface area contributed by atoms with Gasteiger partial charge in [0, 0.05) is 5.69 Å². The van der Waals surface area contributed by atoms with Gasteiger partial charge in [0.25, 0.3) is 0 Å². The van der Waals surface area contributed by atoms with Gasteiger partial charge in [0.05, 0.1) is 5.54 Å². The molecular weight excluding hydrogens is 194 g/mol. The molecule has 0 aromatic heterocycles. The first kappa shape index (κ1) is 9.95. The van der Waals surface area contributed by atoms with Crippen molar-refractivity contribution >= 4 is 11.8 Å². The summed E-state index contributed by atoms with van der Waals surface area (Å²) in [5, 5.41) is 3.74. The zero-order valence-corrected chi connectivity index (χ0v) is 10.4. The van der Waals surface area contributed by atoms with Gasteiger partial charge in [-0.2, -0.15) is 0 Å². The molecule has 84 valence electrons. The van der Waals surface area contributed by atoms with Crippen LogP contribution in [0.4, 0.5) is 5.69 Å². The summed E-state index contributed by atoms with van der Waals surface area (Å²) in [6, 6.07) is 4.60. The van der Waals surface area contributed by atoms with Crippen LogP contribution in [0.1, 0.15) is 42.9 Å². The Labute approximate surface area is 97.6 Å². The Kier molecular flexibility index (Phi) is 1.95. The summed E-state index contributed by atoms with van der Waals surface area (Å²) in [5.74, 6) is 0. The fraction of sp³-hybridized carbons (Fsp3) is 0.467. The van der Waals surface area contributed by atoms with Crippen molar-refractivity contribution in [2.45, 2.75) is 45.6 Å². The molecule has 3 rings (SSSR count). The van der Waals surface area contributed by atoms with Crippen molar-refractivity contribution in [3.05, 3.63) is 34.4 Å². The first-order valence-corrected chi connectivity index (χ1v) is 6.19. The van der Waals surface area contributed by atoms with Crippen LogP contribution in [0.25, 0.3) is 6.08 Å². The summed E-state index contributed by atoms with van der Waals surface area (Å²) in [6.07, 6.45) is 6.26. The molecule has 0 bridgehead atoms. The van der Waals surface area contributed by atoms with E-state index < -0.39 is 0 Å². The highest BCUT2D eigenvalue weighted by Crippen LogP contribution is 2.43. The highest BCUT2D eigenvalue weighted by Gasteiger charge is 2.36. The summed E-state index contributed by atoms with van der Waals surface area (Å²) in [6.45, 7) is 6.72. The van der Waals surface area contributed by atoms with E-state index in [-0.39, 0.29) is 5.54 Å². The van der Waals surface area contributed by atoms with E-state index in [0.29, 0.717) is 0 Å². The first-order chi connectivity index (χ1) is 7.58. The third-order valence-corrected chi connectivity index (χ3v) is 4.24. The molecular formula is C15H19N. The molecule has 1 aromatic carbocycles. The average molecular weight is 213 g/mol. The molecule has 1 unspecified atom stereocenters. The van der Waals surface area contributed by atoms with Crippen LogP contribution in [0.5, 0.6) is 0 Å². The number of rotatable bonds is 0. The van der Waals surface area contributed by atoms with Gasteiger partial charge in [-0.25, -0.2) is 0 Å². The molecule has 1 saturated carbocycles. The van der Waals surface area contributed by atoms with Gasteiger partial charge in [-0.3, -0.25) is 0 Å². The molecule has 1 fully saturated rings. The van der Waals surface area contributed by atoms with Gasteiger partial charge in [0.15, 0.2) is 0 Å². The van der Waals surface area contributed by atoms with E-state index in [9.17, 15) is 0 Å². The van der Waals surface area contributed by atoms with Crippen molar-refractivity contribution in [1.29, 1.82) is 0 Å². The number of hydrogen-bond acceptors (Lipinski definition) is 1. The van der Waals surface area contributed by atoms with Gasteiger partial charge >= 0.3 is 0 Å². The van der Waals surface area contributed by atoms with Crippen LogP contribution in [-0.4, -0.2) is 5.54 Å². The van der Waals surface area contributed by atoms with Crippen LogP contribution in [0.2, 0.25) is 0 Å². The van der Waals surface area contributed by atoms with E-state index in [1.807, 2.05) is 0 Å². The molecule has 16 heavy (non-hydrogen) atoms. The molecule has 0 saturated heterocycles. The van der Waals surface area contributed by atoms with Crippen molar-refractivity contribution in [2.24, 2.45) is 0 Å². The maximum atomic E-state index is 3.74. The zero-order chi connectivity index (χ0) is 11.3. The van der Waals surface area contributed by atoms with Crippen LogP contribution in [-0.2, 0) is 0 Å². The average Bonchev–Trinajstić information content (AvgIpc) is 2.57. The number of nitrogens with one attached hydrogen (secondary N) is 1. The second-order valence-corrected chi connectivity index (χ2v) is 5.50. The Morgan fingerprint density at radius 3 is 2.75 bits per heavy atom. The van der Waals surface area contributed by atoms with Crippen molar-refractivity contribution in [2.75, 3.05) is 5.32 Å². The molecule has 1 heteroatoms. The van der Waals surface area contributed by atoms with Crippen molar-refractivity contribution < 1.29 is 0 Å². The molecule has 1 aliphatic carbocycles. The minimum Gasteiger partial charge on any atom is -0.376 e. The Hall–Kier alpha value is -1.24. The standard InChI is InChI=1S/C15H19N/c1-10-7-12-9-13-5-4-6-15(13,3)16-14(12)8-11(10)2/h7-9,16H,4-6H2,1-3H3. The second-order valence-electron chi connectivity index (χ2n) is 5.50. The molecule has 1 heterocycles. The summed E-state index contributed by atoms with van der Waals surface area (Å²) >= 11 is 0. The highest BCUT2D eigenvalue weighted by molar-refractivity contribution is 5.76. The molecule has 2 aliphatic rings. The van der Waals surface area contributed by atoms with Crippen molar-refractivity contribution in [3.63, 3.8) is 0 Å². The first-order valence-electron chi connectivity index (χ1n) is 6.19. The lowest BCUT2D eigenvalue weighted by Gasteiger charge is -2.34. The third-order valence-electron chi connectivity index (χ3n) is 4.24. The fourth-order valence-corrected chi connectivity index (χ4v) is 2.99. The monoisotopic (exact) mass is 213 g/mol. The van der Waals surface area contributed by atoms with Crippen LogP contribution in [0.15, 0.2) is 17.7 Å². The largest absolute Gasteiger partial charge is 0.376 e.